The highest BCUT2D eigenvalue weighted by molar-refractivity contribution is 6.30. The molecule has 7 heteroatoms. The minimum absolute atomic E-state index is 0.0706. The number of halogens is 2. The van der Waals surface area contributed by atoms with Crippen LogP contribution in [0.2, 0.25) is 0 Å². The van der Waals surface area contributed by atoms with Gasteiger partial charge in [-0.25, -0.2) is 8.78 Å². The summed E-state index contributed by atoms with van der Waals surface area (Å²) < 4.78 is 28.5. The normalized spacial score (nSPS) is 12.8. The number of fused-ring (bicyclic) bond motifs is 2. The molecular formula is C17H7F2N3O2. The van der Waals surface area contributed by atoms with Gasteiger partial charge in [-0.1, -0.05) is 24.3 Å². The van der Waals surface area contributed by atoms with E-state index in [0.29, 0.717) is 0 Å². The molecule has 2 aromatic carbocycles. The standard InChI is InChI=1S/C17H7F2N3O2/c18-11-7-10-13(14(15(11)19)12-5-6-20-22-21-12)17(24)9-4-2-1-3-8(9)16(10)23/h1-7H. The molecule has 0 radical (unpaired) electrons. The molecule has 0 atom stereocenters. The zero-order chi connectivity index (χ0) is 16.8. The van der Waals surface area contributed by atoms with Crippen molar-refractivity contribution >= 4 is 11.6 Å². The molecule has 0 fully saturated rings. The first-order chi connectivity index (χ1) is 11.6. The van der Waals surface area contributed by atoms with Crippen molar-refractivity contribution in [2.75, 3.05) is 0 Å². The molecule has 3 aromatic rings. The van der Waals surface area contributed by atoms with Gasteiger partial charge in [0.05, 0.1) is 11.8 Å². The van der Waals surface area contributed by atoms with E-state index in [1.54, 1.807) is 12.1 Å². The van der Waals surface area contributed by atoms with Crippen molar-refractivity contribution in [2.45, 2.75) is 0 Å². The number of nitrogens with zero attached hydrogens (tertiary/aromatic N) is 3. The monoisotopic (exact) mass is 323 g/mol. The zero-order valence-electron chi connectivity index (χ0n) is 12.0. The lowest BCUT2D eigenvalue weighted by molar-refractivity contribution is 0.0978. The van der Waals surface area contributed by atoms with Crippen molar-refractivity contribution in [3.63, 3.8) is 0 Å². The summed E-state index contributed by atoms with van der Waals surface area (Å²) in [6, 6.07) is 8.20. The third-order valence-corrected chi connectivity index (χ3v) is 3.87. The number of benzene rings is 2. The molecule has 4 rings (SSSR count). The number of hydrogen-bond donors (Lipinski definition) is 0. The van der Waals surface area contributed by atoms with Gasteiger partial charge in [-0.3, -0.25) is 9.59 Å². The van der Waals surface area contributed by atoms with E-state index in [0.717, 1.165) is 6.07 Å². The minimum Gasteiger partial charge on any atom is -0.289 e. The average molecular weight is 323 g/mol. The predicted octanol–water partition coefficient (Wildman–Crippen LogP) is 2.59. The predicted molar refractivity (Wildman–Crippen MR) is 78.5 cm³/mol. The SMILES string of the molecule is O=C1c2ccccc2C(=O)c2c1cc(F)c(F)c2-c1ccnnn1. The van der Waals surface area contributed by atoms with E-state index in [4.69, 9.17) is 0 Å². The van der Waals surface area contributed by atoms with Crippen LogP contribution >= 0.6 is 0 Å². The molecule has 0 bridgehead atoms. The molecule has 1 aliphatic rings. The largest absolute Gasteiger partial charge is 0.289 e. The second-order valence-electron chi connectivity index (χ2n) is 5.18. The molecule has 1 aromatic heterocycles. The van der Waals surface area contributed by atoms with E-state index < -0.39 is 23.2 Å². The van der Waals surface area contributed by atoms with Crippen LogP contribution in [0.25, 0.3) is 11.3 Å². The van der Waals surface area contributed by atoms with Gasteiger partial charge in [-0.05, 0) is 17.3 Å². The van der Waals surface area contributed by atoms with E-state index in [1.807, 2.05) is 0 Å². The summed E-state index contributed by atoms with van der Waals surface area (Å²) in [5, 5.41) is 10.5. The van der Waals surface area contributed by atoms with Crippen molar-refractivity contribution in [1.29, 1.82) is 0 Å². The molecule has 24 heavy (non-hydrogen) atoms. The van der Waals surface area contributed by atoms with E-state index in [9.17, 15) is 18.4 Å². The second-order valence-corrected chi connectivity index (χ2v) is 5.18. The molecule has 5 nitrogen and oxygen atoms in total. The minimum atomic E-state index is -1.25. The lowest BCUT2D eigenvalue weighted by Gasteiger charge is -2.20. The Bertz CT molecular complexity index is 1020. The van der Waals surface area contributed by atoms with E-state index in [1.165, 1.54) is 24.4 Å². The van der Waals surface area contributed by atoms with Crippen LogP contribution in [0.15, 0.2) is 42.6 Å². The molecule has 0 saturated heterocycles. The second kappa shape index (κ2) is 5.09. The molecule has 116 valence electrons. The molecule has 0 spiro atoms. The highest BCUT2D eigenvalue weighted by atomic mass is 19.2. The fourth-order valence-electron chi connectivity index (χ4n) is 2.81. The number of aromatic nitrogens is 3. The topological polar surface area (TPSA) is 72.8 Å². The van der Waals surface area contributed by atoms with Gasteiger partial charge >= 0.3 is 0 Å². The van der Waals surface area contributed by atoms with Crippen molar-refractivity contribution < 1.29 is 18.4 Å². The molecule has 0 saturated carbocycles. The molecule has 1 heterocycles. The van der Waals surface area contributed by atoms with Crippen LogP contribution in [0, 0.1) is 11.6 Å². The third-order valence-electron chi connectivity index (χ3n) is 3.87. The fourth-order valence-corrected chi connectivity index (χ4v) is 2.81. The van der Waals surface area contributed by atoms with Crippen LogP contribution in [0.5, 0.6) is 0 Å². The first-order valence-electron chi connectivity index (χ1n) is 6.94. The van der Waals surface area contributed by atoms with Crippen LogP contribution in [0.1, 0.15) is 31.8 Å². The molecular weight excluding hydrogens is 316 g/mol. The Morgan fingerprint density at radius 2 is 1.54 bits per heavy atom. The molecule has 0 N–H and O–H groups in total. The van der Waals surface area contributed by atoms with Gasteiger partial charge in [0.2, 0.25) is 0 Å². The van der Waals surface area contributed by atoms with Crippen molar-refractivity contribution in [2.24, 2.45) is 0 Å². The van der Waals surface area contributed by atoms with Gasteiger partial charge in [-0.15, -0.1) is 10.2 Å². The highest BCUT2D eigenvalue weighted by Gasteiger charge is 2.35. The smallest absolute Gasteiger partial charge is 0.195 e. The number of hydrogen-bond acceptors (Lipinski definition) is 5. The first kappa shape index (κ1) is 14.3. The lowest BCUT2D eigenvalue weighted by Crippen LogP contribution is -2.23. The van der Waals surface area contributed by atoms with Gasteiger partial charge in [0.1, 0.15) is 5.69 Å². The van der Waals surface area contributed by atoms with Crippen LogP contribution in [0.4, 0.5) is 8.78 Å². The number of carbonyl (C=O) groups is 2. The van der Waals surface area contributed by atoms with Crippen LogP contribution in [0.3, 0.4) is 0 Å². The number of carbonyl (C=O) groups excluding carboxylic acids is 2. The Hall–Kier alpha value is -3.35. The van der Waals surface area contributed by atoms with Crippen molar-refractivity contribution in [1.82, 2.24) is 15.4 Å². The maximum atomic E-state index is 14.4. The van der Waals surface area contributed by atoms with Gasteiger partial charge in [0.25, 0.3) is 0 Å². The summed E-state index contributed by atoms with van der Waals surface area (Å²) in [7, 11) is 0. The Morgan fingerprint density at radius 3 is 2.21 bits per heavy atom. The Morgan fingerprint density at radius 1 is 0.833 bits per heavy atom. The van der Waals surface area contributed by atoms with Crippen molar-refractivity contribution in [3.8, 4) is 11.3 Å². The average Bonchev–Trinajstić information content (AvgIpc) is 2.62. The van der Waals surface area contributed by atoms with Crippen LogP contribution < -0.4 is 0 Å². The summed E-state index contributed by atoms with van der Waals surface area (Å²) in [5.74, 6) is -3.59. The van der Waals surface area contributed by atoms with E-state index in [2.05, 4.69) is 15.4 Å². The Kier molecular flexibility index (Phi) is 3.02. The Labute approximate surface area is 134 Å². The van der Waals surface area contributed by atoms with Gasteiger partial charge in [0.15, 0.2) is 23.2 Å². The molecule has 1 aliphatic carbocycles. The first-order valence-corrected chi connectivity index (χ1v) is 6.94. The molecule has 0 amide bonds. The summed E-state index contributed by atoms with van der Waals surface area (Å²) >= 11 is 0. The summed E-state index contributed by atoms with van der Waals surface area (Å²) in [6.07, 6.45) is 1.24. The summed E-state index contributed by atoms with van der Waals surface area (Å²) in [5.41, 5.74) is -0.548. The van der Waals surface area contributed by atoms with Crippen LogP contribution in [-0.4, -0.2) is 27.0 Å². The third kappa shape index (κ3) is 1.88. The summed E-state index contributed by atoms with van der Waals surface area (Å²) in [6.45, 7) is 0. The van der Waals surface area contributed by atoms with Crippen molar-refractivity contribution in [3.05, 3.63) is 76.5 Å². The maximum Gasteiger partial charge on any atom is 0.195 e. The van der Waals surface area contributed by atoms with E-state index >= 15 is 0 Å². The van der Waals surface area contributed by atoms with E-state index in [-0.39, 0.29) is 33.5 Å². The zero-order valence-corrected chi connectivity index (χ0v) is 12.0. The number of ketones is 2. The summed E-state index contributed by atoms with van der Waals surface area (Å²) in [4.78, 5) is 25.4. The molecule has 0 unspecified atom stereocenters. The molecule has 0 aliphatic heterocycles. The van der Waals surface area contributed by atoms with Gasteiger partial charge < -0.3 is 0 Å². The maximum absolute atomic E-state index is 14.4. The lowest BCUT2D eigenvalue weighted by atomic mass is 9.81. The Balaban J connectivity index is 2.10. The fraction of sp³-hybridized carbons (Fsp3) is 0. The van der Waals surface area contributed by atoms with Gasteiger partial charge in [-0.2, -0.15) is 0 Å². The number of rotatable bonds is 1. The quantitative estimate of drug-likeness (QED) is 0.538. The van der Waals surface area contributed by atoms with Gasteiger partial charge in [0, 0.05) is 22.3 Å². The highest BCUT2D eigenvalue weighted by Crippen LogP contribution is 2.36. The van der Waals surface area contributed by atoms with Crippen LogP contribution in [-0.2, 0) is 0 Å².